The average molecular weight is 361 g/mol. The fourth-order valence-corrected chi connectivity index (χ4v) is 3.90. The molecular formula is C24H40S. The molecule has 0 aliphatic heterocycles. The third-order valence-electron chi connectivity index (χ3n) is 4.73. The van der Waals surface area contributed by atoms with Crippen LogP contribution in [0.2, 0.25) is 0 Å². The van der Waals surface area contributed by atoms with Crippen molar-refractivity contribution in [2.75, 3.05) is 5.75 Å². The van der Waals surface area contributed by atoms with Crippen molar-refractivity contribution in [2.45, 2.75) is 102 Å². The van der Waals surface area contributed by atoms with E-state index in [2.05, 4.69) is 49.4 Å². The molecule has 0 N–H and O–H groups in total. The molecule has 0 aliphatic carbocycles. The first-order valence-electron chi connectivity index (χ1n) is 10.8. The fourth-order valence-electron chi connectivity index (χ4n) is 3.13. The van der Waals surface area contributed by atoms with E-state index in [-0.39, 0.29) is 0 Å². The van der Waals surface area contributed by atoms with E-state index in [9.17, 15) is 0 Å². The van der Waals surface area contributed by atoms with E-state index in [0.29, 0.717) is 0 Å². The van der Waals surface area contributed by atoms with E-state index in [1.165, 1.54) is 94.8 Å². The molecule has 0 bridgehead atoms. The van der Waals surface area contributed by atoms with Gasteiger partial charge in [0, 0.05) is 10.6 Å². The van der Waals surface area contributed by atoms with Crippen LogP contribution in [0.5, 0.6) is 0 Å². The molecule has 0 aliphatic rings. The van der Waals surface area contributed by atoms with Crippen LogP contribution in [0.15, 0.2) is 47.4 Å². The highest BCUT2D eigenvalue weighted by Crippen LogP contribution is 2.17. The minimum Gasteiger partial charge on any atom is -0.122 e. The zero-order chi connectivity index (χ0) is 17.8. The Labute approximate surface area is 161 Å². The molecule has 1 aromatic rings. The summed E-state index contributed by atoms with van der Waals surface area (Å²) in [7, 11) is 0. The topological polar surface area (TPSA) is 0 Å². The quantitative estimate of drug-likeness (QED) is 0.152. The van der Waals surface area contributed by atoms with Crippen molar-refractivity contribution in [1.29, 1.82) is 0 Å². The summed E-state index contributed by atoms with van der Waals surface area (Å²) in [6, 6.07) is 10.7. The van der Waals surface area contributed by atoms with Crippen molar-refractivity contribution < 1.29 is 0 Å². The van der Waals surface area contributed by atoms with E-state index in [0.717, 1.165) is 5.75 Å². The monoisotopic (exact) mass is 360 g/mol. The second kappa shape index (κ2) is 18.1. The number of allylic oxidation sites excluding steroid dienone is 1. The van der Waals surface area contributed by atoms with Crippen LogP contribution in [0.25, 0.3) is 0 Å². The molecule has 0 heterocycles. The van der Waals surface area contributed by atoms with Crippen molar-refractivity contribution in [3.8, 4) is 0 Å². The van der Waals surface area contributed by atoms with Crippen LogP contribution in [-0.4, -0.2) is 5.75 Å². The Hall–Kier alpha value is -0.690. The van der Waals surface area contributed by atoms with Gasteiger partial charge in [0.05, 0.1) is 0 Å². The normalized spacial score (nSPS) is 11.4. The van der Waals surface area contributed by atoms with Crippen molar-refractivity contribution in [3.05, 3.63) is 42.5 Å². The zero-order valence-electron chi connectivity index (χ0n) is 16.6. The van der Waals surface area contributed by atoms with Gasteiger partial charge in [-0.1, -0.05) is 114 Å². The Morgan fingerprint density at radius 1 is 0.640 bits per heavy atom. The summed E-state index contributed by atoms with van der Waals surface area (Å²) in [6.07, 6.45) is 24.6. The molecule has 0 saturated heterocycles. The molecule has 0 atom stereocenters. The van der Waals surface area contributed by atoms with E-state index in [1.54, 1.807) is 0 Å². The predicted molar refractivity (Wildman–Crippen MR) is 117 cm³/mol. The lowest BCUT2D eigenvalue weighted by Crippen LogP contribution is -1.82. The van der Waals surface area contributed by atoms with Crippen LogP contribution >= 0.6 is 11.8 Å². The summed E-state index contributed by atoms with van der Waals surface area (Å²) in [6.45, 7) is 2.29. The summed E-state index contributed by atoms with van der Waals surface area (Å²) in [5.74, 6) is 1.10. The first-order valence-corrected chi connectivity index (χ1v) is 11.7. The van der Waals surface area contributed by atoms with Gasteiger partial charge >= 0.3 is 0 Å². The molecule has 142 valence electrons. The summed E-state index contributed by atoms with van der Waals surface area (Å²) in [4.78, 5) is 1.37. The van der Waals surface area contributed by atoms with Crippen molar-refractivity contribution >= 4 is 11.8 Å². The van der Waals surface area contributed by atoms with Crippen LogP contribution in [0.3, 0.4) is 0 Å². The molecule has 25 heavy (non-hydrogen) atoms. The number of thioether (sulfide) groups is 1. The Bertz CT molecular complexity index is 396. The largest absolute Gasteiger partial charge is 0.122 e. The Kier molecular flexibility index (Phi) is 16.2. The van der Waals surface area contributed by atoms with Crippen LogP contribution in [0.1, 0.15) is 96.8 Å². The minimum atomic E-state index is 1.10. The van der Waals surface area contributed by atoms with Gasteiger partial charge < -0.3 is 0 Å². The minimum absolute atomic E-state index is 1.10. The van der Waals surface area contributed by atoms with E-state index >= 15 is 0 Å². The third kappa shape index (κ3) is 15.3. The van der Waals surface area contributed by atoms with E-state index in [4.69, 9.17) is 0 Å². The third-order valence-corrected chi connectivity index (χ3v) is 5.70. The summed E-state index contributed by atoms with van der Waals surface area (Å²) < 4.78 is 0. The zero-order valence-corrected chi connectivity index (χ0v) is 17.4. The van der Waals surface area contributed by atoms with Gasteiger partial charge in [0.25, 0.3) is 0 Å². The molecule has 0 amide bonds. The van der Waals surface area contributed by atoms with Gasteiger partial charge in [-0.2, -0.15) is 0 Å². The average Bonchev–Trinajstić information content (AvgIpc) is 2.65. The molecule has 0 fully saturated rings. The lowest BCUT2D eigenvalue weighted by Gasteiger charge is -2.02. The Morgan fingerprint density at radius 2 is 1.16 bits per heavy atom. The van der Waals surface area contributed by atoms with Crippen LogP contribution < -0.4 is 0 Å². The summed E-state index contributed by atoms with van der Waals surface area (Å²) >= 11 is 1.92. The molecule has 1 aromatic carbocycles. The lowest BCUT2D eigenvalue weighted by atomic mass is 10.0. The highest BCUT2D eigenvalue weighted by Gasteiger charge is 1.93. The molecule has 0 aromatic heterocycles. The number of rotatable bonds is 17. The second-order valence-corrected chi connectivity index (χ2v) is 8.22. The smallest absolute Gasteiger partial charge is 0.0160 e. The van der Waals surface area contributed by atoms with Gasteiger partial charge in [-0.25, -0.2) is 0 Å². The lowest BCUT2D eigenvalue weighted by molar-refractivity contribution is 0.540. The van der Waals surface area contributed by atoms with E-state index in [1.807, 2.05) is 11.8 Å². The maximum atomic E-state index is 2.37. The van der Waals surface area contributed by atoms with Gasteiger partial charge in [-0.05, 0) is 25.0 Å². The first kappa shape index (κ1) is 22.4. The Morgan fingerprint density at radius 3 is 1.72 bits per heavy atom. The predicted octanol–water partition coefficient (Wildman–Crippen LogP) is 8.82. The highest BCUT2D eigenvalue weighted by molar-refractivity contribution is 7.99. The standard InChI is InChI=1S/C24H40S/c1-2-3-4-5-6-7-8-9-10-11-12-13-14-15-16-20-23-25-24-21-18-17-19-22-24/h16-22H,2-15,23H2,1H3/b20-16+. The molecule has 0 nitrogen and oxygen atoms in total. The van der Waals surface area contributed by atoms with E-state index < -0.39 is 0 Å². The Balaban J connectivity index is 1.75. The number of benzene rings is 1. The molecular weight excluding hydrogens is 320 g/mol. The second-order valence-electron chi connectivity index (χ2n) is 7.13. The molecule has 0 saturated carbocycles. The molecule has 1 heteroatoms. The van der Waals surface area contributed by atoms with Gasteiger partial charge in [-0.15, -0.1) is 11.8 Å². The fraction of sp³-hybridized carbons (Fsp3) is 0.667. The van der Waals surface area contributed by atoms with Crippen LogP contribution in [-0.2, 0) is 0 Å². The van der Waals surface area contributed by atoms with Crippen LogP contribution in [0, 0.1) is 0 Å². The van der Waals surface area contributed by atoms with Crippen molar-refractivity contribution in [3.63, 3.8) is 0 Å². The van der Waals surface area contributed by atoms with Gasteiger partial charge in [0.2, 0.25) is 0 Å². The SMILES string of the molecule is CCCCCCCCCCCCCCC/C=C/CSc1ccccc1. The maximum Gasteiger partial charge on any atom is 0.0160 e. The maximum absolute atomic E-state index is 2.37. The number of hydrogen-bond donors (Lipinski definition) is 0. The summed E-state index contributed by atoms with van der Waals surface area (Å²) in [5.41, 5.74) is 0. The molecule has 0 unspecified atom stereocenters. The van der Waals surface area contributed by atoms with Gasteiger partial charge in [-0.3, -0.25) is 0 Å². The number of hydrogen-bond acceptors (Lipinski definition) is 1. The summed E-state index contributed by atoms with van der Waals surface area (Å²) in [5, 5.41) is 0. The first-order chi connectivity index (χ1) is 12.4. The molecule has 0 spiro atoms. The van der Waals surface area contributed by atoms with Crippen molar-refractivity contribution in [1.82, 2.24) is 0 Å². The van der Waals surface area contributed by atoms with Gasteiger partial charge in [0.15, 0.2) is 0 Å². The highest BCUT2D eigenvalue weighted by atomic mass is 32.2. The van der Waals surface area contributed by atoms with Gasteiger partial charge in [0.1, 0.15) is 0 Å². The molecule has 1 rings (SSSR count). The van der Waals surface area contributed by atoms with Crippen LogP contribution in [0.4, 0.5) is 0 Å². The molecule has 0 radical (unpaired) electrons. The van der Waals surface area contributed by atoms with Crippen molar-refractivity contribution in [2.24, 2.45) is 0 Å². The number of unbranched alkanes of at least 4 members (excludes halogenated alkanes) is 13.